The molecular formula is C6H11N3O2S2. The zero-order valence-electron chi connectivity index (χ0n) is 7.39. The topological polar surface area (TPSA) is 72.0 Å². The van der Waals surface area contributed by atoms with Crippen LogP contribution < -0.4 is 5.32 Å². The van der Waals surface area contributed by atoms with Crippen LogP contribution in [-0.4, -0.2) is 36.7 Å². The van der Waals surface area contributed by atoms with Gasteiger partial charge in [-0.1, -0.05) is 11.3 Å². The Hall–Kier alpha value is -0.690. The molecular weight excluding hydrogens is 210 g/mol. The molecule has 1 rings (SSSR count). The third-order valence-electron chi connectivity index (χ3n) is 1.28. The lowest BCUT2D eigenvalue weighted by Gasteiger charge is -2.10. The Morgan fingerprint density at radius 2 is 2.38 bits per heavy atom. The second kappa shape index (κ2) is 4.01. The van der Waals surface area contributed by atoms with Gasteiger partial charge < -0.3 is 5.32 Å². The second-order valence-corrected chi connectivity index (χ2v) is 5.90. The van der Waals surface area contributed by atoms with E-state index < -0.39 is 9.84 Å². The minimum atomic E-state index is -2.93. The summed E-state index contributed by atoms with van der Waals surface area (Å²) in [5.41, 5.74) is 1.59. The Balaban J connectivity index is 2.47. The van der Waals surface area contributed by atoms with Gasteiger partial charge in [0.05, 0.1) is 5.75 Å². The quantitative estimate of drug-likeness (QED) is 0.796. The van der Waals surface area contributed by atoms with Crippen molar-refractivity contribution in [3.63, 3.8) is 0 Å². The molecule has 1 N–H and O–H groups in total. The van der Waals surface area contributed by atoms with Crippen molar-refractivity contribution >= 4 is 26.3 Å². The van der Waals surface area contributed by atoms with Crippen molar-refractivity contribution in [3.8, 4) is 0 Å². The monoisotopic (exact) mass is 221 g/mol. The molecule has 13 heavy (non-hydrogen) atoms. The van der Waals surface area contributed by atoms with Crippen molar-refractivity contribution in [2.24, 2.45) is 0 Å². The van der Waals surface area contributed by atoms with Crippen LogP contribution >= 0.6 is 11.3 Å². The van der Waals surface area contributed by atoms with Crippen LogP contribution in [0.5, 0.6) is 0 Å². The third-order valence-corrected chi connectivity index (χ3v) is 3.01. The molecule has 1 heterocycles. The molecule has 1 unspecified atom stereocenters. The van der Waals surface area contributed by atoms with E-state index in [1.807, 2.05) is 0 Å². The number of hydrogen-bond acceptors (Lipinski definition) is 6. The summed E-state index contributed by atoms with van der Waals surface area (Å²) in [6.07, 6.45) is 1.21. The molecule has 1 aromatic heterocycles. The van der Waals surface area contributed by atoms with Crippen LogP contribution in [0.3, 0.4) is 0 Å². The molecule has 0 fully saturated rings. The molecule has 5 nitrogen and oxygen atoms in total. The zero-order chi connectivity index (χ0) is 9.90. The van der Waals surface area contributed by atoms with E-state index in [0.717, 1.165) is 0 Å². The standard InChI is InChI=1S/C6H11N3O2S2/c1-5(3-13(2,10)11)8-6-9-7-4-12-6/h4-5H,3H2,1-2H3,(H,8,9). The molecule has 7 heteroatoms. The van der Waals surface area contributed by atoms with Crippen molar-refractivity contribution in [2.75, 3.05) is 17.3 Å². The van der Waals surface area contributed by atoms with Gasteiger partial charge >= 0.3 is 0 Å². The fourth-order valence-corrected chi connectivity index (χ4v) is 2.49. The van der Waals surface area contributed by atoms with E-state index in [9.17, 15) is 8.42 Å². The Kier molecular flexibility index (Phi) is 3.21. The summed E-state index contributed by atoms with van der Waals surface area (Å²) in [6, 6.07) is -0.136. The van der Waals surface area contributed by atoms with Crippen molar-refractivity contribution in [1.82, 2.24) is 10.2 Å². The lowest BCUT2D eigenvalue weighted by atomic mass is 10.4. The fourth-order valence-electron chi connectivity index (χ4n) is 0.943. The largest absolute Gasteiger partial charge is 0.357 e. The highest BCUT2D eigenvalue weighted by molar-refractivity contribution is 7.90. The molecule has 74 valence electrons. The first-order valence-electron chi connectivity index (χ1n) is 3.68. The first-order valence-corrected chi connectivity index (χ1v) is 6.62. The molecule has 1 aromatic rings. The summed E-state index contributed by atoms with van der Waals surface area (Å²) >= 11 is 1.35. The number of aromatic nitrogens is 2. The van der Waals surface area contributed by atoms with Crippen molar-refractivity contribution < 1.29 is 8.42 Å². The molecule has 0 bridgehead atoms. The van der Waals surface area contributed by atoms with E-state index >= 15 is 0 Å². The SMILES string of the molecule is CC(CS(C)(=O)=O)Nc1nncs1. The van der Waals surface area contributed by atoms with Crippen LogP contribution in [0.1, 0.15) is 6.92 Å². The third kappa shape index (κ3) is 4.18. The van der Waals surface area contributed by atoms with Crippen LogP contribution in [0.25, 0.3) is 0 Å². The number of anilines is 1. The van der Waals surface area contributed by atoms with E-state index in [1.165, 1.54) is 17.6 Å². The van der Waals surface area contributed by atoms with Crippen LogP contribution in [-0.2, 0) is 9.84 Å². The average molecular weight is 221 g/mol. The van der Waals surface area contributed by atoms with E-state index in [2.05, 4.69) is 15.5 Å². The van der Waals surface area contributed by atoms with Crippen LogP contribution in [0, 0.1) is 0 Å². The minimum Gasteiger partial charge on any atom is -0.357 e. The van der Waals surface area contributed by atoms with Gasteiger partial charge in [-0.05, 0) is 6.92 Å². The molecule has 0 radical (unpaired) electrons. The fraction of sp³-hybridized carbons (Fsp3) is 0.667. The molecule has 0 aliphatic carbocycles. The summed E-state index contributed by atoms with van der Waals surface area (Å²) in [6.45, 7) is 1.79. The van der Waals surface area contributed by atoms with Crippen LogP contribution in [0.2, 0.25) is 0 Å². The normalized spacial score (nSPS) is 14.0. The highest BCUT2D eigenvalue weighted by Gasteiger charge is 2.10. The summed E-state index contributed by atoms with van der Waals surface area (Å²) in [7, 11) is -2.93. The lowest BCUT2D eigenvalue weighted by molar-refractivity contribution is 0.598. The molecule has 1 atom stereocenters. The smallest absolute Gasteiger partial charge is 0.205 e. The molecule has 0 aromatic carbocycles. The molecule has 0 aliphatic heterocycles. The van der Waals surface area contributed by atoms with Gasteiger partial charge in [-0.2, -0.15) is 0 Å². The van der Waals surface area contributed by atoms with Gasteiger partial charge in [0, 0.05) is 12.3 Å². The Labute approximate surface area is 81.1 Å². The molecule has 0 aliphatic rings. The average Bonchev–Trinajstić information content (AvgIpc) is 2.34. The Morgan fingerprint density at radius 1 is 1.69 bits per heavy atom. The number of nitrogens with one attached hydrogen (secondary N) is 1. The maximum Gasteiger partial charge on any atom is 0.205 e. The molecule has 0 saturated carbocycles. The van der Waals surface area contributed by atoms with Gasteiger partial charge in [0.2, 0.25) is 5.13 Å². The van der Waals surface area contributed by atoms with Crippen LogP contribution in [0.15, 0.2) is 5.51 Å². The van der Waals surface area contributed by atoms with E-state index in [0.29, 0.717) is 5.13 Å². The lowest BCUT2D eigenvalue weighted by Crippen LogP contribution is -2.24. The number of rotatable bonds is 4. The van der Waals surface area contributed by atoms with Crippen LogP contribution in [0.4, 0.5) is 5.13 Å². The number of sulfone groups is 1. The first kappa shape index (κ1) is 10.4. The van der Waals surface area contributed by atoms with Gasteiger partial charge in [0.1, 0.15) is 15.3 Å². The predicted octanol–water partition coefficient (Wildman–Crippen LogP) is 0.383. The first-order chi connectivity index (χ1) is 5.97. The van der Waals surface area contributed by atoms with Crippen molar-refractivity contribution in [1.29, 1.82) is 0 Å². The minimum absolute atomic E-state index is 0.104. The second-order valence-electron chi connectivity index (χ2n) is 2.88. The maximum absolute atomic E-state index is 10.9. The summed E-state index contributed by atoms with van der Waals surface area (Å²) in [5, 5.41) is 11.0. The van der Waals surface area contributed by atoms with Gasteiger partial charge in [0.15, 0.2) is 0 Å². The van der Waals surface area contributed by atoms with Gasteiger partial charge in [-0.15, -0.1) is 10.2 Å². The molecule has 0 amide bonds. The summed E-state index contributed by atoms with van der Waals surface area (Å²) < 4.78 is 21.8. The van der Waals surface area contributed by atoms with Crippen molar-refractivity contribution in [2.45, 2.75) is 13.0 Å². The Morgan fingerprint density at radius 3 is 2.85 bits per heavy atom. The summed E-state index contributed by atoms with van der Waals surface area (Å²) in [4.78, 5) is 0. The molecule has 0 spiro atoms. The van der Waals surface area contributed by atoms with Gasteiger partial charge in [-0.25, -0.2) is 8.42 Å². The van der Waals surface area contributed by atoms with Gasteiger partial charge in [-0.3, -0.25) is 0 Å². The number of nitrogens with zero attached hydrogens (tertiary/aromatic N) is 2. The highest BCUT2D eigenvalue weighted by Crippen LogP contribution is 2.09. The Bertz CT molecular complexity index is 346. The summed E-state index contributed by atoms with van der Waals surface area (Å²) in [5.74, 6) is 0.104. The maximum atomic E-state index is 10.9. The van der Waals surface area contributed by atoms with Crippen molar-refractivity contribution in [3.05, 3.63) is 5.51 Å². The van der Waals surface area contributed by atoms with E-state index in [1.54, 1.807) is 12.4 Å². The van der Waals surface area contributed by atoms with E-state index in [-0.39, 0.29) is 11.8 Å². The predicted molar refractivity (Wildman–Crippen MR) is 52.7 cm³/mol. The van der Waals surface area contributed by atoms with E-state index in [4.69, 9.17) is 0 Å². The molecule has 0 saturated heterocycles. The highest BCUT2D eigenvalue weighted by atomic mass is 32.2. The van der Waals surface area contributed by atoms with Gasteiger partial charge in [0.25, 0.3) is 0 Å². The number of hydrogen-bond donors (Lipinski definition) is 1. The zero-order valence-corrected chi connectivity index (χ0v) is 9.02.